The quantitative estimate of drug-likeness (QED) is 0.347. The van der Waals surface area contributed by atoms with Crippen molar-refractivity contribution in [3.05, 3.63) is 88.5 Å². The van der Waals surface area contributed by atoms with Gasteiger partial charge in [-0.25, -0.2) is 0 Å². The summed E-state index contributed by atoms with van der Waals surface area (Å²) in [4.78, 5) is 4.88. The zero-order valence-electron chi connectivity index (χ0n) is 17.1. The van der Waals surface area contributed by atoms with E-state index in [9.17, 15) is 5.11 Å². The van der Waals surface area contributed by atoms with Gasteiger partial charge in [0.15, 0.2) is 11.7 Å². The first-order valence-electron chi connectivity index (χ1n) is 10.0. The summed E-state index contributed by atoms with van der Waals surface area (Å²) in [5.74, 6) is 1.73. The van der Waals surface area contributed by atoms with Crippen LogP contribution < -0.4 is 9.64 Å². The standard InChI is InChI=1S/C24H23BrN4O2/c1-2-29(23-11-9-21(27-28-23)18-13-24(30)26-14-18)15-19-12-20(25)8-10-22(19)31-16-17-6-4-3-5-7-17/h3-14,26,30H,2,15-16H2,1H3. The van der Waals surface area contributed by atoms with Crippen molar-refractivity contribution in [2.24, 2.45) is 0 Å². The summed E-state index contributed by atoms with van der Waals surface area (Å²) in [5.41, 5.74) is 3.68. The molecule has 0 unspecified atom stereocenters. The Bertz CT molecular complexity index is 1130. The molecule has 0 aliphatic rings. The maximum absolute atomic E-state index is 9.50. The summed E-state index contributed by atoms with van der Waals surface area (Å²) in [6, 6.07) is 21.7. The van der Waals surface area contributed by atoms with Crippen LogP contribution in [0.5, 0.6) is 11.6 Å². The molecule has 0 aliphatic carbocycles. The number of rotatable bonds is 8. The van der Waals surface area contributed by atoms with Gasteiger partial charge in [-0.05, 0) is 42.8 Å². The lowest BCUT2D eigenvalue weighted by atomic mass is 10.1. The van der Waals surface area contributed by atoms with E-state index in [4.69, 9.17) is 4.74 Å². The fraction of sp³-hybridized carbons (Fsp3) is 0.167. The molecule has 4 aromatic rings. The SMILES string of the molecule is CCN(Cc1cc(Br)ccc1OCc1ccccc1)c1ccc(-c2c[nH]c(O)c2)nn1. The molecule has 0 fully saturated rings. The Morgan fingerprint density at radius 2 is 1.87 bits per heavy atom. The molecule has 2 N–H and O–H groups in total. The van der Waals surface area contributed by atoms with Gasteiger partial charge in [0.2, 0.25) is 0 Å². The van der Waals surface area contributed by atoms with Gasteiger partial charge >= 0.3 is 0 Å². The highest BCUT2D eigenvalue weighted by Gasteiger charge is 2.13. The molecule has 0 amide bonds. The van der Waals surface area contributed by atoms with Crippen LogP contribution in [0.3, 0.4) is 0 Å². The fourth-order valence-electron chi connectivity index (χ4n) is 3.29. The highest BCUT2D eigenvalue weighted by Crippen LogP contribution is 2.28. The zero-order valence-corrected chi connectivity index (χ0v) is 18.7. The number of aromatic amines is 1. The molecule has 0 spiro atoms. The molecule has 0 saturated heterocycles. The third-order valence-corrected chi connectivity index (χ3v) is 5.43. The number of benzene rings is 2. The van der Waals surface area contributed by atoms with E-state index >= 15 is 0 Å². The van der Waals surface area contributed by atoms with Gasteiger partial charge in [0, 0.05) is 41.0 Å². The maximum atomic E-state index is 9.50. The van der Waals surface area contributed by atoms with Crippen molar-refractivity contribution in [3.8, 4) is 22.9 Å². The van der Waals surface area contributed by atoms with E-state index in [-0.39, 0.29) is 5.88 Å². The summed E-state index contributed by atoms with van der Waals surface area (Å²) in [7, 11) is 0. The van der Waals surface area contributed by atoms with Gasteiger partial charge < -0.3 is 19.7 Å². The molecule has 0 atom stereocenters. The third-order valence-electron chi connectivity index (χ3n) is 4.94. The van der Waals surface area contributed by atoms with E-state index < -0.39 is 0 Å². The van der Waals surface area contributed by atoms with Crippen LogP contribution >= 0.6 is 15.9 Å². The first-order valence-corrected chi connectivity index (χ1v) is 10.8. The van der Waals surface area contributed by atoms with Crippen molar-refractivity contribution in [2.45, 2.75) is 20.1 Å². The monoisotopic (exact) mass is 478 g/mol. The third kappa shape index (κ3) is 5.24. The van der Waals surface area contributed by atoms with Gasteiger partial charge in [-0.1, -0.05) is 46.3 Å². The lowest BCUT2D eigenvalue weighted by molar-refractivity contribution is 0.302. The number of nitrogens with zero attached hydrogens (tertiary/aromatic N) is 3. The van der Waals surface area contributed by atoms with Crippen LogP contribution in [0, 0.1) is 0 Å². The summed E-state index contributed by atoms with van der Waals surface area (Å²) >= 11 is 3.57. The minimum absolute atomic E-state index is 0.105. The highest BCUT2D eigenvalue weighted by atomic mass is 79.9. The summed E-state index contributed by atoms with van der Waals surface area (Å²) < 4.78 is 7.13. The van der Waals surface area contributed by atoms with Crippen molar-refractivity contribution in [3.63, 3.8) is 0 Å². The van der Waals surface area contributed by atoms with Gasteiger partial charge in [-0.15, -0.1) is 10.2 Å². The molecule has 4 rings (SSSR count). The normalized spacial score (nSPS) is 10.8. The number of halogens is 1. The maximum Gasteiger partial charge on any atom is 0.188 e. The minimum Gasteiger partial charge on any atom is -0.495 e. The van der Waals surface area contributed by atoms with Crippen LogP contribution in [0.25, 0.3) is 11.3 Å². The zero-order chi connectivity index (χ0) is 21.6. The second-order valence-corrected chi connectivity index (χ2v) is 8.01. The first-order chi connectivity index (χ1) is 15.1. The van der Waals surface area contributed by atoms with Gasteiger partial charge in [0.25, 0.3) is 0 Å². The summed E-state index contributed by atoms with van der Waals surface area (Å²) in [6.07, 6.45) is 1.70. The molecule has 0 saturated carbocycles. The number of hydrogen-bond acceptors (Lipinski definition) is 5. The molecule has 158 valence electrons. The Labute approximate surface area is 189 Å². The van der Waals surface area contributed by atoms with E-state index in [0.717, 1.165) is 39.3 Å². The number of H-pyrrole nitrogens is 1. The van der Waals surface area contributed by atoms with Crippen LogP contribution in [-0.2, 0) is 13.2 Å². The lowest BCUT2D eigenvalue weighted by Crippen LogP contribution is -2.23. The smallest absolute Gasteiger partial charge is 0.188 e. The topological polar surface area (TPSA) is 74.3 Å². The number of aromatic hydroxyl groups is 1. The number of anilines is 1. The summed E-state index contributed by atoms with van der Waals surface area (Å²) in [6.45, 7) is 4.00. The van der Waals surface area contributed by atoms with Crippen molar-refractivity contribution in [1.82, 2.24) is 15.2 Å². The van der Waals surface area contributed by atoms with Gasteiger partial charge in [0.05, 0.1) is 5.69 Å². The van der Waals surface area contributed by atoms with Gasteiger partial charge in [0.1, 0.15) is 12.4 Å². The van der Waals surface area contributed by atoms with E-state index in [2.05, 4.69) is 61.1 Å². The molecular weight excluding hydrogens is 456 g/mol. The van der Waals surface area contributed by atoms with Crippen LogP contribution in [0.1, 0.15) is 18.1 Å². The van der Waals surface area contributed by atoms with Crippen molar-refractivity contribution < 1.29 is 9.84 Å². The van der Waals surface area contributed by atoms with Crippen LogP contribution in [-0.4, -0.2) is 26.8 Å². The lowest BCUT2D eigenvalue weighted by Gasteiger charge is -2.23. The molecule has 0 bridgehead atoms. The molecule has 2 heterocycles. The molecule has 0 aliphatic heterocycles. The molecule has 2 aromatic carbocycles. The molecule has 7 heteroatoms. The van der Waals surface area contributed by atoms with Crippen LogP contribution in [0.2, 0.25) is 0 Å². The Morgan fingerprint density at radius 3 is 2.55 bits per heavy atom. The number of aromatic nitrogens is 3. The van der Waals surface area contributed by atoms with Crippen molar-refractivity contribution in [2.75, 3.05) is 11.4 Å². The fourth-order valence-corrected chi connectivity index (χ4v) is 3.69. The molecule has 6 nitrogen and oxygen atoms in total. The Balaban J connectivity index is 1.52. The van der Waals surface area contributed by atoms with Crippen LogP contribution in [0.4, 0.5) is 5.82 Å². The summed E-state index contributed by atoms with van der Waals surface area (Å²) in [5, 5.41) is 18.2. The van der Waals surface area contributed by atoms with E-state index in [0.29, 0.717) is 18.8 Å². The molecule has 2 aromatic heterocycles. The minimum atomic E-state index is 0.105. The van der Waals surface area contributed by atoms with E-state index in [1.54, 1.807) is 12.3 Å². The molecule has 0 radical (unpaired) electrons. The predicted molar refractivity (Wildman–Crippen MR) is 125 cm³/mol. The van der Waals surface area contributed by atoms with Gasteiger partial charge in [-0.3, -0.25) is 0 Å². The Kier molecular flexibility index (Phi) is 6.52. The second kappa shape index (κ2) is 9.66. The molecular formula is C24H23BrN4O2. The number of ether oxygens (including phenoxy) is 1. The average molecular weight is 479 g/mol. The van der Waals surface area contributed by atoms with E-state index in [1.807, 2.05) is 42.5 Å². The first kappa shape index (κ1) is 20.9. The van der Waals surface area contributed by atoms with Crippen molar-refractivity contribution >= 4 is 21.7 Å². The van der Waals surface area contributed by atoms with Crippen LogP contribution in [0.15, 0.2) is 77.4 Å². The second-order valence-electron chi connectivity index (χ2n) is 7.09. The van der Waals surface area contributed by atoms with E-state index in [1.165, 1.54) is 0 Å². The Morgan fingerprint density at radius 1 is 1.03 bits per heavy atom. The largest absolute Gasteiger partial charge is 0.495 e. The van der Waals surface area contributed by atoms with Gasteiger partial charge in [-0.2, -0.15) is 0 Å². The average Bonchev–Trinajstić information content (AvgIpc) is 3.24. The Hall–Kier alpha value is -3.32. The predicted octanol–water partition coefficient (Wildman–Crippen LogP) is 5.55. The number of hydrogen-bond donors (Lipinski definition) is 2. The highest BCUT2D eigenvalue weighted by molar-refractivity contribution is 9.10. The molecule has 31 heavy (non-hydrogen) atoms. The number of nitrogens with one attached hydrogen (secondary N) is 1. The van der Waals surface area contributed by atoms with Crippen molar-refractivity contribution in [1.29, 1.82) is 0 Å².